The second-order valence-electron chi connectivity index (χ2n) is 6.38. The summed E-state index contributed by atoms with van der Waals surface area (Å²) in [6.07, 6.45) is 0.541. The summed E-state index contributed by atoms with van der Waals surface area (Å²) in [7, 11) is -2.81. The first-order chi connectivity index (χ1) is 13.9. The number of aliphatic imine (C=N–C) groups is 1. The first kappa shape index (κ1) is 22.9. The number of hydrogen-bond donors (Lipinski definition) is 1. The van der Waals surface area contributed by atoms with Crippen LogP contribution in [0.2, 0.25) is 6.04 Å². The molecule has 156 valence electrons. The van der Waals surface area contributed by atoms with Gasteiger partial charge in [-0.1, -0.05) is 12.1 Å². The van der Waals surface area contributed by atoms with Crippen LogP contribution in [0.25, 0.3) is 0 Å². The van der Waals surface area contributed by atoms with Gasteiger partial charge in [0, 0.05) is 43.7 Å². The van der Waals surface area contributed by atoms with Crippen LogP contribution >= 0.6 is 0 Å². The van der Waals surface area contributed by atoms with E-state index in [2.05, 4.69) is 4.99 Å². The van der Waals surface area contributed by atoms with Gasteiger partial charge in [0.05, 0.1) is 11.6 Å². The molecule has 0 aromatic heterocycles. The zero-order valence-corrected chi connectivity index (χ0v) is 18.1. The smallest absolute Gasteiger partial charge is 0.398 e. The van der Waals surface area contributed by atoms with Crippen molar-refractivity contribution in [2.45, 2.75) is 33.2 Å². The minimum atomic E-state index is -2.81. The van der Waals surface area contributed by atoms with E-state index in [0.29, 0.717) is 32.3 Å². The minimum Gasteiger partial charge on any atom is -0.398 e. The summed E-state index contributed by atoms with van der Waals surface area (Å²) in [4.78, 5) is 29.8. The Morgan fingerprint density at radius 3 is 2.31 bits per heavy atom. The fourth-order valence-corrected chi connectivity index (χ4v) is 5.94. The summed E-state index contributed by atoms with van der Waals surface area (Å²) >= 11 is 0. The van der Waals surface area contributed by atoms with Crippen LogP contribution in [0.5, 0.6) is 0 Å². The molecule has 1 aromatic carbocycles. The van der Waals surface area contributed by atoms with E-state index in [0.717, 1.165) is 0 Å². The number of ketones is 2. The molecule has 8 nitrogen and oxygen atoms in total. The van der Waals surface area contributed by atoms with E-state index < -0.39 is 26.3 Å². The lowest BCUT2D eigenvalue weighted by atomic mass is 9.80. The molecule has 9 heteroatoms. The summed E-state index contributed by atoms with van der Waals surface area (Å²) in [6, 6.07) is 7.11. The molecule has 0 radical (unpaired) electrons. The Balaban J connectivity index is 2.20. The van der Waals surface area contributed by atoms with Crippen LogP contribution in [0.4, 0.5) is 5.69 Å². The highest BCUT2D eigenvalue weighted by Crippen LogP contribution is 2.28. The van der Waals surface area contributed by atoms with Crippen molar-refractivity contribution in [1.82, 2.24) is 0 Å². The van der Waals surface area contributed by atoms with Crippen LogP contribution in [0.15, 0.2) is 23.2 Å². The minimum absolute atomic E-state index is 0.0351. The van der Waals surface area contributed by atoms with Gasteiger partial charge in [0.15, 0.2) is 11.7 Å². The third-order valence-corrected chi connectivity index (χ3v) is 7.65. The average molecular weight is 418 g/mol. The van der Waals surface area contributed by atoms with E-state index in [-0.39, 0.29) is 29.1 Å². The summed E-state index contributed by atoms with van der Waals surface area (Å²) < 4.78 is 17.4. The predicted molar refractivity (Wildman–Crippen MR) is 111 cm³/mol. The molecule has 0 fully saturated rings. The van der Waals surface area contributed by atoms with Gasteiger partial charge in [-0.15, -0.1) is 0 Å². The van der Waals surface area contributed by atoms with Gasteiger partial charge < -0.3 is 19.0 Å². The van der Waals surface area contributed by atoms with Crippen molar-refractivity contribution < 1.29 is 22.9 Å². The molecule has 1 atom stereocenters. The molecule has 2 N–H and O–H groups in total. The molecule has 1 aromatic rings. The maximum absolute atomic E-state index is 12.8. The van der Waals surface area contributed by atoms with E-state index in [1.54, 1.807) is 12.1 Å². The van der Waals surface area contributed by atoms with E-state index >= 15 is 0 Å². The highest BCUT2D eigenvalue weighted by atomic mass is 28.4. The number of hydrogen-bond acceptors (Lipinski definition) is 8. The molecule has 0 spiro atoms. The van der Waals surface area contributed by atoms with Gasteiger partial charge in [0.25, 0.3) is 0 Å². The quantitative estimate of drug-likeness (QED) is 0.352. The van der Waals surface area contributed by atoms with E-state index in [9.17, 15) is 14.9 Å². The van der Waals surface area contributed by atoms with Gasteiger partial charge in [0.2, 0.25) is 5.78 Å². The SMILES string of the molecule is CCO[Si](CCCN=C1C(=O)c2cccc(N)c2C(=O)C1C#N)(OCC)OCC. The highest BCUT2D eigenvalue weighted by molar-refractivity contribution is 6.60. The fourth-order valence-electron chi connectivity index (χ4n) is 3.35. The van der Waals surface area contributed by atoms with Gasteiger partial charge in [0.1, 0.15) is 5.71 Å². The van der Waals surface area contributed by atoms with E-state index in [1.165, 1.54) is 6.07 Å². The lowest BCUT2D eigenvalue weighted by Crippen LogP contribution is -2.46. The lowest BCUT2D eigenvalue weighted by molar-refractivity contribution is 0.0709. The Bertz CT molecular complexity index is 817. The number of nitriles is 1. The molecular formula is C20H27N3O5Si. The standard InChI is InChI=1S/C20H27N3O5Si/c1-4-26-29(27-5-2,28-6-3)12-8-11-23-18-15(13-21)19(24)17-14(20(18)25)9-7-10-16(17)22/h7,9-10,15H,4-6,8,11-12,22H2,1-3H3. The number of nitrogens with two attached hydrogens (primary N) is 1. The van der Waals surface area contributed by atoms with Crippen LogP contribution in [0.3, 0.4) is 0 Å². The number of carbonyl (C=O) groups is 2. The van der Waals surface area contributed by atoms with Crippen molar-refractivity contribution in [3.05, 3.63) is 29.3 Å². The first-order valence-corrected chi connectivity index (χ1v) is 11.7. The van der Waals surface area contributed by atoms with Crippen LogP contribution in [0, 0.1) is 17.2 Å². The van der Waals surface area contributed by atoms with Crippen LogP contribution in [0.1, 0.15) is 47.9 Å². The lowest BCUT2D eigenvalue weighted by Gasteiger charge is -2.28. The van der Waals surface area contributed by atoms with Crippen molar-refractivity contribution in [3.8, 4) is 6.07 Å². The Hall–Kier alpha value is -2.38. The fraction of sp³-hybridized carbons (Fsp3) is 0.500. The maximum Gasteiger partial charge on any atom is 0.500 e. The summed E-state index contributed by atoms with van der Waals surface area (Å²) in [5.41, 5.74) is 6.32. The van der Waals surface area contributed by atoms with Crippen molar-refractivity contribution in [2.24, 2.45) is 10.9 Å². The number of nitrogen functional groups attached to an aromatic ring is 1. The third kappa shape index (κ3) is 4.97. The Morgan fingerprint density at radius 2 is 1.76 bits per heavy atom. The molecule has 2 rings (SSSR count). The number of rotatable bonds is 10. The zero-order chi connectivity index (χ0) is 21.4. The molecule has 0 saturated heterocycles. The topological polar surface area (TPSA) is 124 Å². The molecule has 0 aliphatic heterocycles. The number of anilines is 1. The monoisotopic (exact) mass is 417 g/mol. The Kier molecular flexibility index (Phi) is 8.22. The zero-order valence-electron chi connectivity index (χ0n) is 17.1. The molecular weight excluding hydrogens is 390 g/mol. The molecule has 1 unspecified atom stereocenters. The summed E-state index contributed by atoms with van der Waals surface area (Å²) in [5.74, 6) is -2.16. The van der Waals surface area contributed by atoms with Crippen molar-refractivity contribution in [1.29, 1.82) is 5.26 Å². The second-order valence-corrected chi connectivity index (χ2v) is 9.11. The molecule has 29 heavy (non-hydrogen) atoms. The molecule has 0 heterocycles. The number of carbonyl (C=O) groups excluding carboxylic acids is 2. The second kappa shape index (κ2) is 10.4. The van der Waals surface area contributed by atoms with E-state index in [1.807, 2.05) is 26.8 Å². The predicted octanol–water partition coefficient (Wildman–Crippen LogP) is 2.67. The van der Waals surface area contributed by atoms with Gasteiger partial charge in [-0.05, 0) is 33.3 Å². The van der Waals surface area contributed by atoms with E-state index in [4.69, 9.17) is 19.0 Å². The average Bonchev–Trinajstić information content (AvgIpc) is 2.69. The number of nitrogens with zero attached hydrogens (tertiary/aromatic N) is 2. The van der Waals surface area contributed by atoms with Crippen molar-refractivity contribution in [2.75, 3.05) is 32.1 Å². The maximum atomic E-state index is 12.8. The third-order valence-electron chi connectivity index (χ3n) is 4.50. The molecule has 1 aliphatic rings. The largest absolute Gasteiger partial charge is 0.500 e. The Labute approximate surface area is 172 Å². The van der Waals surface area contributed by atoms with Gasteiger partial charge >= 0.3 is 8.80 Å². The molecule has 0 saturated carbocycles. The molecule has 1 aliphatic carbocycles. The normalized spacial score (nSPS) is 18.0. The molecule has 0 amide bonds. The van der Waals surface area contributed by atoms with Crippen LogP contribution in [-0.4, -0.2) is 52.4 Å². The highest BCUT2D eigenvalue weighted by Gasteiger charge is 2.41. The number of fused-ring (bicyclic) bond motifs is 1. The number of Topliss-reactive ketones (excluding diaryl/α,β-unsaturated/α-hetero) is 2. The Morgan fingerprint density at radius 1 is 1.14 bits per heavy atom. The van der Waals surface area contributed by atoms with Gasteiger partial charge in [-0.3, -0.25) is 14.6 Å². The molecule has 0 bridgehead atoms. The van der Waals surface area contributed by atoms with Gasteiger partial charge in [-0.25, -0.2) is 0 Å². The van der Waals surface area contributed by atoms with Gasteiger partial charge in [-0.2, -0.15) is 5.26 Å². The van der Waals surface area contributed by atoms with Crippen LogP contribution < -0.4 is 5.73 Å². The summed E-state index contributed by atoms with van der Waals surface area (Å²) in [6.45, 7) is 7.33. The summed E-state index contributed by atoms with van der Waals surface area (Å²) in [5, 5.41) is 9.46. The van der Waals surface area contributed by atoms with Crippen molar-refractivity contribution in [3.63, 3.8) is 0 Å². The van der Waals surface area contributed by atoms with Crippen molar-refractivity contribution >= 4 is 31.8 Å². The number of benzene rings is 1. The van der Waals surface area contributed by atoms with Crippen LogP contribution in [-0.2, 0) is 13.3 Å². The first-order valence-electron chi connectivity index (χ1n) is 9.77.